The summed E-state index contributed by atoms with van der Waals surface area (Å²) in [4.78, 5) is 37.1. The number of nitrogens with one attached hydrogen (secondary N) is 1. The Morgan fingerprint density at radius 3 is 2.65 bits per heavy atom. The van der Waals surface area contributed by atoms with Crippen LogP contribution in [-0.2, 0) is 4.79 Å². The highest BCUT2D eigenvalue weighted by Gasteiger charge is 2.20. The van der Waals surface area contributed by atoms with E-state index in [4.69, 9.17) is 0 Å². The lowest BCUT2D eigenvalue weighted by Crippen LogP contribution is -2.42. The van der Waals surface area contributed by atoms with E-state index in [1.165, 1.54) is 31.7 Å². The number of hydrogen-bond acceptors (Lipinski definition) is 5. The first-order chi connectivity index (χ1) is 12.6. The maximum Gasteiger partial charge on any atom is 0.274 e. The van der Waals surface area contributed by atoms with Crippen LogP contribution in [0.2, 0.25) is 0 Å². The van der Waals surface area contributed by atoms with E-state index in [1.807, 2.05) is 13.8 Å². The van der Waals surface area contributed by atoms with E-state index in [-0.39, 0.29) is 17.9 Å². The predicted octanol–water partition coefficient (Wildman–Crippen LogP) is 1.71. The van der Waals surface area contributed by atoms with Crippen LogP contribution in [0.4, 0.5) is 0 Å². The maximum atomic E-state index is 12.8. The van der Waals surface area contributed by atoms with Crippen LogP contribution in [0.15, 0.2) is 18.6 Å². The van der Waals surface area contributed by atoms with Gasteiger partial charge >= 0.3 is 0 Å². The van der Waals surface area contributed by atoms with Crippen LogP contribution in [0.25, 0.3) is 0 Å². The van der Waals surface area contributed by atoms with Crippen molar-refractivity contribution in [1.82, 2.24) is 25.1 Å². The number of likely N-dealkylation sites (tertiary alicyclic amines) is 1. The molecule has 1 unspecified atom stereocenters. The van der Waals surface area contributed by atoms with Crippen molar-refractivity contribution in [3.8, 4) is 0 Å². The quantitative estimate of drug-likeness (QED) is 0.724. The normalized spacial score (nSPS) is 16.1. The third kappa shape index (κ3) is 6.71. The summed E-state index contributed by atoms with van der Waals surface area (Å²) in [5.41, 5.74) is 0.327. The fourth-order valence-electron chi connectivity index (χ4n) is 3.02. The summed E-state index contributed by atoms with van der Waals surface area (Å²) in [5.74, 6) is -0.180. The lowest BCUT2D eigenvalue weighted by molar-refractivity contribution is -0.121. The van der Waals surface area contributed by atoms with Gasteiger partial charge in [0.25, 0.3) is 5.91 Å². The summed E-state index contributed by atoms with van der Waals surface area (Å²) in [6.07, 6.45) is 9.47. The summed E-state index contributed by atoms with van der Waals surface area (Å²) in [6.45, 7) is 8.02. The van der Waals surface area contributed by atoms with Crippen molar-refractivity contribution >= 4 is 11.8 Å². The highest BCUT2D eigenvalue weighted by Crippen LogP contribution is 2.09. The zero-order chi connectivity index (χ0) is 18.8. The Balaban J connectivity index is 1.93. The van der Waals surface area contributed by atoms with Crippen LogP contribution < -0.4 is 5.32 Å². The minimum Gasteiger partial charge on any atom is -0.354 e. The molecule has 144 valence electrons. The number of amides is 2. The van der Waals surface area contributed by atoms with Crippen molar-refractivity contribution in [2.75, 3.05) is 32.7 Å². The van der Waals surface area contributed by atoms with Crippen molar-refractivity contribution in [2.45, 2.75) is 52.0 Å². The first-order valence-electron chi connectivity index (χ1n) is 9.67. The van der Waals surface area contributed by atoms with Crippen LogP contribution in [0.3, 0.4) is 0 Å². The first-order valence-corrected chi connectivity index (χ1v) is 9.67. The molecule has 1 saturated heterocycles. The summed E-state index contributed by atoms with van der Waals surface area (Å²) in [5, 5.41) is 2.95. The Bertz CT molecular complexity index is 560. The van der Waals surface area contributed by atoms with Crippen molar-refractivity contribution in [3.05, 3.63) is 24.3 Å². The second kappa shape index (κ2) is 10.9. The van der Waals surface area contributed by atoms with Crippen molar-refractivity contribution in [1.29, 1.82) is 0 Å². The molecule has 1 N–H and O–H groups in total. The predicted molar refractivity (Wildman–Crippen MR) is 101 cm³/mol. The summed E-state index contributed by atoms with van der Waals surface area (Å²) < 4.78 is 0. The van der Waals surface area contributed by atoms with Crippen LogP contribution >= 0.6 is 0 Å². The van der Waals surface area contributed by atoms with Gasteiger partial charge in [-0.05, 0) is 39.3 Å². The molecular formula is C19H31N5O2. The Labute approximate surface area is 156 Å². The Hall–Kier alpha value is -2.02. The third-order valence-corrected chi connectivity index (χ3v) is 4.83. The van der Waals surface area contributed by atoms with E-state index < -0.39 is 0 Å². The van der Waals surface area contributed by atoms with Gasteiger partial charge in [0.2, 0.25) is 5.91 Å². The molecule has 0 spiro atoms. The van der Waals surface area contributed by atoms with Gasteiger partial charge in [-0.2, -0.15) is 0 Å². The van der Waals surface area contributed by atoms with E-state index in [1.54, 1.807) is 11.1 Å². The first kappa shape index (κ1) is 20.3. The SMILES string of the molecule is CCC(C)NC(=O)CCN(CCN1CCCCC1)C(=O)c1cnccn1. The molecule has 1 aromatic rings. The highest BCUT2D eigenvalue weighted by molar-refractivity contribution is 5.92. The Kier molecular flexibility index (Phi) is 8.47. The standard InChI is InChI=1S/C19H31N5O2/c1-3-16(2)22-18(25)7-12-24(14-13-23-10-5-4-6-11-23)19(26)17-15-20-8-9-21-17/h8-9,15-16H,3-7,10-14H2,1-2H3,(H,22,25). The number of aromatic nitrogens is 2. The minimum atomic E-state index is -0.161. The van der Waals surface area contributed by atoms with Gasteiger partial charge in [0.15, 0.2) is 0 Å². The van der Waals surface area contributed by atoms with Gasteiger partial charge in [0.05, 0.1) is 6.20 Å². The molecular weight excluding hydrogens is 330 g/mol. The average Bonchev–Trinajstić information content (AvgIpc) is 2.69. The number of piperidine rings is 1. The highest BCUT2D eigenvalue weighted by atomic mass is 16.2. The molecule has 1 fully saturated rings. The van der Waals surface area contributed by atoms with Crippen LogP contribution in [0.1, 0.15) is 56.4 Å². The molecule has 0 aliphatic carbocycles. The topological polar surface area (TPSA) is 78.4 Å². The molecule has 26 heavy (non-hydrogen) atoms. The smallest absolute Gasteiger partial charge is 0.274 e. The number of carbonyl (C=O) groups excluding carboxylic acids is 2. The zero-order valence-corrected chi connectivity index (χ0v) is 16.0. The summed E-state index contributed by atoms with van der Waals surface area (Å²) in [6, 6.07) is 0.153. The summed E-state index contributed by atoms with van der Waals surface area (Å²) in [7, 11) is 0. The van der Waals surface area contributed by atoms with Gasteiger partial charge in [-0.1, -0.05) is 13.3 Å². The minimum absolute atomic E-state index is 0.0192. The van der Waals surface area contributed by atoms with Gasteiger partial charge in [-0.25, -0.2) is 4.98 Å². The summed E-state index contributed by atoms with van der Waals surface area (Å²) >= 11 is 0. The van der Waals surface area contributed by atoms with Crippen LogP contribution in [0.5, 0.6) is 0 Å². The lowest BCUT2D eigenvalue weighted by atomic mass is 10.1. The number of nitrogens with zero attached hydrogens (tertiary/aromatic N) is 4. The zero-order valence-electron chi connectivity index (χ0n) is 16.0. The Morgan fingerprint density at radius 2 is 2.00 bits per heavy atom. The molecule has 1 aliphatic heterocycles. The van der Waals surface area contributed by atoms with Gasteiger partial charge in [0.1, 0.15) is 5.69 Å². The van der Waals surface area contributed by atoms with E-state index in [0.717, 1.165) is 26.1 Å². The van der Waals surface area contributed by atoms with Crippen LogP contribution in [-0.4, -0.2) is 70.3 Å². The van der Waals surface area contributed by atoms with Crippen molar-refractivity contribution in [3.63, 3.8) is 0 Å². The maximum absolute atomic E-state index is 12.8. The van der Waals surface area contributed by atoms with Gasteiger partial charge < -0.3 is 15.1 Å². The Morgan fingerprint density at radius 1 is 1.23 bits per heavy atom. The van der Waals surface area contributed by atoms with E-state index in [9.17, 15) is 9.59 Å². The molecule has 2 rings (SSSR count). The molecule has 0 aromatic carbocycles. The van der Waals surface area contributed by atoms with E-state index >= 15 is 0 Å². The van der Waals surface area contributed by atoms with Crippen molar-refractivity contribution < 1.29 is 9.59 Å². The molecule has 1 aromatic heterocycles. The second-order valence-electron chi connectivity index (χ2n) is 6.91. The molecule has 7 heteroatoms. The second-order valence-corrected chi connectivity index (χ2v) is 6.91. The monoisotopic (exact) mass is 361 g/mol. The molecule has 0 bridgehead atoms. The molecule has 0 radical (unpaired) electrons. The molecule has 1 atom stereocenters. The number of hydrogen-bond donors (Lipinski definition) is 1. The fourth-order valence-corrected chi connectivity index (χ4v) is 3.02. The molecule has 1 aliphatic rings. The molecule has 0 saturated carbocycles. The van der Waals surface area contributed by atoms with Gasteiger partial charge in [0, 0.05) is 44.5 Å². The third-order valence-electron chi connectivity index (χ3n) is 4.83. The van der Waals surface area contributed by atoms with Crippen molar-refractivity contribution in [2.24, 2.45) is 0 Å². The van der Waals surface area contributed by atoms with Gasteiger partial charge in [-0.15, -0.1) is 0 Å². The lowest BCUT2D eigenvalue weighted by Gasteiger charge is -2.30. The largest absolute Gasteiger partial charge is 0.354 e. The molecule has 2 heterocycles. The average molecular weight is 361 g/mol. The van der Waals surface area contributed by atoms with Gasteiger partial charge in [-0.3, -0.25) is 14.6 Å². The molecule has 7 nitrogen and oxygen atoms in total. The molecule has 2 amide bonds. The fraction of sp³-hybridized carbons (Fsp3) is 0.684. The van der Waals surface area contributed by atoms with E-state index in [2.05, 4.69) is 20.2 Å². The number of carbonyl (C=O) groups is 2. The van der Waals surface area contributed by atoms with Crippen LogP contribution in [0, 0.1) is 0 Å². The number of rotatable bonds is 9. The van der Waals surface area contributed by atoms with E-state index in [0.29, 0.717) is 25.2 Å².